The van der Waals surface area contributed by atoms with Crippen molar-refractivity contribution >= 4 is 83.5 Å². The van der Waals surface area contributed by atoms with E-state index in [0.717, 1.165) is 38.5 Å². The van der Waals surface area contributed by atoms with Crippen molar-refractivity contribution in [3.63, 3.8) is 0 Å². The van der Waals surface area contributed by atoms with Crippen LogP contribution >= 0.6 is 0 Å². The molecule has 3 aliphatic rings. The average Bonchev–Trinajstić information content (AvgIpc) is 3.20. The molecule has 3 aliphatic carbocycles. The smallest absolute Gasteiger partial charge is 0.0615 e. The first-order valence-electron chi connectivity index (χ1n) is 18.6. The van der Waals surface area contributed by atoms with Crippen molar-refractivity contribution in [3.05, 3.63) is 161 Å². The first-order chi connectivity index (χ1) is 25.3. The molecule has 0 atom stereocenters. The summed E-state index contributed by atoms with van der Waals surface area (Å²) in [6.45, 7) is 0. The summed E-state index contributed by atoms with van der Waals surface area (Å²) in [5.41, 5.74) is 9.39. The lowest BCUT2D eigenvalue weighted by molar-refractivity contribution is 0.965. The van der Waals surface area contributed by atoms with Crippen LogP contribution in [0.15, 0.2) is 139 Å². The zero-order valence-corrected chi connectivity index (χ0v) is 28.6. The lowest BCUT2D eigenvalue weighted by atomic mass is 9.85. The predicted molar refractivity (Wildman–Crippen MR) is 220 cm³/mol. The molecule has 0 N–H and O–H groups in total. The zero-order valence-electron chi connectivity index (χ0n) is 28.6. The maximum absolute atomic E-state index is 2.64. The van der Waals surface area contributed by atoms with Crippen LogP contribution in [0.2, 0.25) is 0 Å². The minimum atomic E-state index is 1.04. The Morgan fingerprint density at radius 1 is 0.471 bits per heavy atom. The third-order valence-corrected chi connectivity index (χ3v) is 11.6. The highest BCUT2D eigenvalue weighted by atomic mass is 15.2. The Balaban J connectivity index is 1.27. The molecule has 11 rings (SSSR count). The second kappa shape index (κ2) is 11.3. The number of allylic oxidation sites excluding steroid dienone is 4. The van der Waals surface area contributed by atoms with Crippen LogP contribution < -0.4 is 15.3 Å². The molecule has 0 amide bonds. The summed E-state index contributed by atoms with van der Waals surface area (Å²) in [7, 11) is 0. The summed E-state index contributed by atoms with van der Waals surface area (Å²) >= 11 is 0. The van der Waals surface area contributed by atoms with E-state index in [1.54, 1.807) is 0 Å². The average molecular weight is 652 g/mol. The number of benzene rings is 8. The van der Waals surface area contributed by atoms with Gasteiger partial charge < -0.3 is 4.90 Å². The summed E-state index contributed by atoms with van der Waals surface area (Å²) in [5, 5.41) is 16.0. The number of nitrogens with zero attached hydrogens (tertiary/aromatic N) is 1. The molecule has 0 bridgehead atoms. The Bertz CT molecular complexity index is 2960. The molecule has 51 heavy (non-hydrogen) atoms. The van der Waals surface area contributed by atoms with Crippen LogP contribution in [0.3, 0.4) is 0 Å². The van der Waals surface area contributed by atoms with Gasteiger partial charge in [0.2, 0.25) is 0 Å². The summed E-state index contributed by atoms with van der Waals surface area (Å²) in [6.07, 6.45) is 23.3. The molecule has 0 fully saturated rings. The topological polar surface area (TPSA) is 3.24 Å². The van der Waals surface area contributed by atoms with Crippen molar-refractivity contribution in [2.24, 2.45) is 0 Å². The van der Waals surface area contributed by atoms with E-state index in [1.807, 2.05) is 0 Å². The third-order valence-electron chi connectivity index (χ3n) is 11.6. The lowest BCUT2D eigenvalue weighted by Gasteiger charge is -2.34. The molecule has 242 valence electrons. The van der Waals surface area contributed by atoms with Crippen LogP contribution in [0.5, 0.6) is 0 Å². The van der Waals surface area contributed by atoms with Gasteiger partial charge in [-0.2, -0.15) is 0 Å². The number of hydrogen-bond acceptors (Lipinski definition) is 1. The van der Waals surface area contributed by atoms with Crippen molar-refractivity contribution in [2.45, 2.75) is 38.5 Å². The van der Waals surface area contributed by atoms with E-state index in [0.29, 0.717) is 0 Å². The molecule has 0 aromatic heterocycles. The molecule has 0 saturated carbocycles. The second-order valence-electron chi connectivity index (χ2n) is 14.4. The normalized spacial score (nSPS) is 15.3. The minimum Gasteiger partial charge on any atom is -0.309 e. The van der Waals surface area contributed by atoms with Crippen LogP contribution in [-0.4, -0.2) is 0 Å². The summed E-state index contributed by atoms with van der Waals surface area (Å²) in [6, 6.07) is 41.4. The lowest BCUT2D eigenvalue weighted by Crippen LogP contribution is -2.36. The van der Waals surface area contributed by atoms with Gasteiger partial charge in [0, 0.05) is 16.3 Å². The van der Waals surface area contributed by atoms with E-state index < -0.39 is 0 Å². The molecule has 0 heterocycles. The van der Waals surface area contributed by atoms with Gasteiger partial charge in [-0.3, -0.25) is 0 Å². The van der Waals surface area contributed by atoms with Crippen LogP contribution in [0.4, 0.5) is 11.4 Å². The van der Waals surface area contributed by atoms with Gasteiger partial charge in [-0.1, -0.05) is 140 Å². The molecule has 0 radical (unpaired) electrons. The maximum atomic E-state index is 2.64. The maximum Gasteiger partial charge on any atom is 0.0615 e. The largest absolute Gasteiger partial charge is 0.309 e. The second-order valence-corrected chi connectivity index (χ2v) is 14.4. The molecule has 0 saturated heterocycles. The Hall–Kier alpha value is -5.92. The molecule has 1 nitrogen and oxygen atoms in total. The fraction of sp³-hybridized carbons (Fsp3) is 0.120. The monoisotopic (exact) mass is 651 g/mol. The van der Waals surface area contributed by atoms with Gasteiger partial charge in [0.05, 0.1) is 11.4 Å². The van der Waals surface area contributed by atoms with Crippen molar-refractivity contribution in [2.75, 3.05) is 4.90 Å². The SMILES string of the molecule is C1=CC(N(c2cc3ccccc3c3c2CCC=C3)c2c3c(c(-c4ccc5ccc6cccc7ccc4c5c67)c4ccccc24)=CCCC=3)=CCC1. The summed E-state index contributed by atoms with van der Waals surface area (Å²) in [5.74, 6) is 0. The van der Waals surface area contributed by atoms with Crippen molar-refractivity contribution in [3.8, 4) is 11.1 Å². The highest BCUT2D eigenvalue weighted by Crippen LogP contribution is 2.45. The quantitative estimate of drug-likeness (QED) is 0.171. The van der Waals surface area contributed by atoms with Gasteiger partial charge in [-0.05, 0) is 127 Å². The van der Waals surface area contributed by atoms with Crippen LogP contribution in [0.25, 0.3) is 83.2 Å². The number of rotatable bonds is 4. The van der Waals surface area contributed by atoms with Crippen LogP contribution in [-0.2, 0) is 6.42 Å². The van der Waals surface area contributed by atoms with Gasteiger partial charge in [0.15, 0.2) is 0 Å². The fourth-order valence-electron chi connectivity index (χ4n) is 9.46. The summed E-state index contributed by atoms with van der Waals surface area (Å²) in [4.78, 5) is 2.64. The Morgan fingerprint density at radius 2 is 1.16 bits per heavy atom. The Kier molecular flexibility index (Phi) is 6.40. The fourth-order valence-corrected chi connectivity index (χ4v) is 9.46. The van der Waals surface area contributed by atoms with E-state index >= 15 is 0 Å². The molecule has 8 aromatic carbocycles. The first-order valence-corrected chi connectivity index (χ1v) is 18.6. The standard InChI is InChI=1S/C50H37N/c1-2-16-36(17-3-1)51(46-31-35-13-4-5-18-37(35)38-19-6-7-20-39(38)46)50-44-23-10-8-21-40(44)49(41-22-9-11-24-45(41)50)43-30-28-34-26-25-32-14-12-15-33-27-29-42(43)48(34)47(32)33/h2,4-6,8,10,12-19,21-31H,1,3,7,9,11,20H2. The molecular formula is C50H37N. The van der Waals surface area contributed by atoms with Crippen molar-refractivity contribution in [1.82, 2.24) is 0 Å². The van der Waals surface area contributed by atoms with Crippen LogP contribution in [0, 0.1) is 0 Å². The van der Waals surface area contributed by atoms with E-state index in [-0.39, 0.29) is 0 Å². The minimum absolute atomic E-state index is 1.04. The molecule has 0 aliphatic heterocycles. The number of anilines is 2. The first kappa shape index (κ1) is 28.9. The van der Waals surface area contributed by atoms with Crippen LogP contribution in [0.1, 0.15) is 43.2 Å². The molecule has 0 unspecified atom stereocenters. The highest BCUT2D eigenvalue weighted by molar-refractivity contribution is 6.26. The van der Waals surface area contributed by atoms with Gasteiger partial charge in [0.25, 0.3) is 0 Å². The predicted octanol–water partition coefficient (Wildman–Crippen LogP) is 12.2. The molecular weight excluding hydrogens is 615 g/mol. The van der Waals surface area contributed by atoms with E-state index in [9.17, 15) is 0 Å². The molecule has 0 spiro atoms. The van der Waals surface area contributed by atoms with Gasteiger partial charge >= 0.3 is 0 Å². The van der Waals surface area contributed by atoms with E-state index in [4.69, 9.17) is 0 Å². The Morgan fingerprint density at radius 3 is 2.00 bits per heavy atom. The van der Waals surface area contributed by atoms with Crippen molar-refractivity contribution in [1.29, 1.82) is 0 Å². The van der Waals surface area contributed by atoms with Crippen molar-refractivity contribution < 1.29 is 0 Å². The van der Waals surface area contributed by atoms with E-state index in [2.05, 4.69) is 157 Å². The number of fused-ring (bicyclic) bond motifs is 5. The third kappa shape index (κ3) is 4.28. The summed E-state index contributed by atoms with van der Waals surface area (Å²) < 4.78 is 0. The zero-order chi connectivity index (χ0) is 33.5. The Labute approximate surface area is 297 Å². The van der Waals surface area contributed by atoms with Gasteiger partial charge in [-0.25, -0.2) is 0 Å². The highest BCUT2D eigenvalue weighted by Gasteiger charge is 2.27. The molecule has 8 aromatic rings. The van der Waals surface area contributed by atoms with Gasteiger partial charge in [0.1, 0.15) is 0 Å². The van der Waals surface area contributed by atoms with Gasteiger partial charge in [-0.15, -0.1) is 0 Å². The van der Waals surface area contributed by atoms with E-state index in [1.165, 1.54) is 104 Å². The molecule has 1 heteroatoms. The number of hydrogen-bond donors (Lipinski definition) is 0.